The zero-order chi connectivity index (χ0) is 47.1. The van der Waals surface area contributed by atoms with Crippen molar-refractivity contribution in [1.29, 1.82) is 0 Å². The van der Waals surface area contributed by atoms with E-state index in [2.05, 4.69) is 229 Å². The highest BCUT2D eigenvalue weighted by atomic mass is 15.0. The quantitative estimate of drug-likeness (QED) is 0.175. The van der Waals surface area contributed by atoms with Crippen molar-refractivity contribution in [2.24, 2.45) is 0 Å². The van der Waals surface area contributed by atoms with Crippen molar-refractivity contribution in [3.05, 3.63) is 160 Å². The number of rotatable bonds is 3. The van der Waals surface area contributed by atoms with Crippen LogP contribution in [0.5, 0.6) is 0 Å². The Balaban J connectivity index is 1.26. The molecule has 0 fully saturated rings. The van der Waals surface area contributed by atoms with Crippen LogP contribution < -0.4 is 16.2 Å². The van der Waals surface area contributed by atoms with Crippen molar-refractivity contribution in [1.82, 2.24) is 4.57 Å². The molecule has 0 unspecified atom stereocenters. The molecule has 3 aliphatic carbocycles. The molecule has 0 spiro atoms. The molecule has 1 aromatic heterocycles. The fraction of sp³-hybridized carbons (Fsp3) is 0.344. The summed E-state index contributed by atoms with van der Waals surface area (Å²) >= 11 is 0. The molecule has 7 aromatic carbocycles. The van der Waals surface area contributed by atoms with E-state index in [4.69, 9.17) is 0 Å². The Morgan fingerprint density at radius 1 is 0.522 bits per heavy atom. The molecule has 2 nitrogen and oxygen atoms in total. The largest absolute Gasteiger partial charge is 0.355 e. The van der Waals surface area contributed by atoms with Crippen molar-refractivity contribution in [2.45, 2.75) is 142 Å². The lowest BCUT2D eigenvalue weighted by Crippen LogP contribution is -2.39. The molecule has 1 radical (unpaired) electrons. The molecule has 0 amide bonds. The summed E-state index contributed by atoms with van der Waals surface area (Å²) in [6.45, 7) is 33.7. The first-order valence-corrected chi connectivity index (χ1v) is 25.0. The summed E-state index contributed by atoms with van der Waals surface area (Å²) in [5, 5.41) is 6.86. The van der Waals surface area contributed by atoms with Gasteiger partial charge in [0.2, 0.25) is 0 Å². The van der Waals surface area contributed by atoms with E-state index < -0.39 is 0 Å². The third-order valence-electron chi connectivity index (χ3n) is 17.2. The molecule has 0 saturated carbocycles. The van der Waals surface area contributed by atoms with E-state index in [1.807, 2.05) is 0 Å². The maximum Gasteiger partial charge on any atom is 0.197 e. The minimum Gasteiger partial charge on any atom is -0.355 e. The van der Waals surface area contributed by atoms with Gasteiger partial charge in [-0.15, -0.1) is 0 Å². The molecule has 4 aliphatic rings. The molecule has 12 rings (SSSR count). The van der Waals surface area contributed by atoms with Crippen LogP contribution in [-0.4, -0.2) is 11.8 Å². The zero-order valence-electron chi connectivity index (χ0n) is 42.4. The van der Waals surface area contributed by atoms with Crippen LogP contribution in [0.4, 0.5) is 11.4 Å². The SMILES string of the molecule is CC(C)(C)c1ccc(Nc2cc3c(cc2-c2c4c(c5c6cc(C(C)(C)C)ccc6n6c5c2[B]c2cc5c(cc2-6)-c2ccccc2C5(C)C)-c2ccccc2C4(C)C)C(C)(C)CCC3(C)C)cc1. The Morgan fingerprint density at radius 2 is 1.12 bits per heavy atom. The number of fused-ring (bicyclic) bond motifs is 13. The standard InChI is InChI=1S/C64H66BN2/c1-59(2,3)36-23-26-38(27-24-36)66-50-35-48-47(61(7,8)29-30-62(48,9)10)32-42(50)55-56-53(40-20-16-18-22-45(40)64(56,13)14)54-43-31-37(60(4,5)6)25-28-51(43)67-52-33-41-39-19-15-17-21-44(39)63(11,12)46(41)34-49(52)65-57(55)58(54)67/h15-28,31-35,66H,29-30H2,1-14H3. The summed E-state index contributed by atoms with van der Waals surface area (Å²) in [5.74, 6) is 0. The molecule has 67 heavy (non-hydrogen) atoms. The Kier molecular flexibility index (Phi) is 8.55. The van der Waals surface area contributed by atoms with Crippen LogP contribution in [0, 0.1) is 0 Å². The summed E-state index contributed by atoms with van der Waals surface area (Å²) in [4.78, 5) is 0. The number of nitrogens with zero attached hydrogens (tertiary/aromatic N) is 1. The topological polar surface area (TPSA) is 17.0 Å². The number of benzene rings is 7. The highest BCUT2D eigenvalue weighted by molar-refractivity contribution is 6.74. The average molecular weight is 874 g/mol. The van der Waals surface area contributed by atoms with Gasteiger partial charge in [0.1, 0.15) is 0 Å². The fourth-order valence-electron chi connectivity index (χ4n) is 13.1. The second-order valence-corrected chi connectivity index (χ2v) is 25.2. The Hall–Kier alpha value is -5.80. The summed E-state index contributed by atoms with van der Waals surface area (Å²) in [7, 11) is 2.60. The van der Waals surface area contributed by atoms with Crippen molar-refractivity contribution in [2.75, 3.05) is 5.32 Å². The zero-order valence-corrected chi connectivity index (χ0v) is 42.4. The second-order valence-electron chi connectivity index (χ2n) is 25.2. The summed E-state index contributed by atoms with van der Waals surface area (Å²) in [6, 6.07) is 45.3. The van der Waals surface area contributed by atoms with E-state index in [9.17, 15) is 0 Å². The normalized spacial score (nSPS) is 17.6. The lowest BCUT2D eigenvalue weighted by molar-refractivity contribution is 0.332. The van der Waals surface area contributed by atoms with Gasteiger partial charge in [0.15, 0.2) is 7.28 Å². The number of hydrogen-bond donors (Lipinski definition) is 1. The summed E-state index contributed by atoms with van der Waals surface area (Å²) in [5.41, 5.74) is 27.9. The van der Waals surface area contributed by atoms with Gasteiger partial charge < -0.3 is 9.88 Å². The van der Waals surface area contributed by atoms with Crippen molar-refractivity contribution in [3.63, 3.8) is 0 Å². The minimum atomic E-state index is -0.284. The summed E-state index contributed by atoms with van der Waals surface area (Å²) < 4.78 is 2.68. The minimum absolute atomic E-state index is 0.0125. The van der Waals surface area contributed by atoms with E-state index in [0.717, 1.165) is 18.5 Å². The third kappa shape index (κ3) is 5.88. The fourth-order valence-corrected chi connectivity index (χ4v) is 13.1. The third-order valence-corrected chi connectivity index (χ3v) is 17.2. The van der Waals surface area contributed by atoms with Gasteiger partial charge in [0, 0.05) is 49.7 Å². The lowest BCUT2D eigenvalue weighted by atomic mass is 9.56. The first-order valence-electron chi connectivity index (χ1n) is 25.0. The number of aromatic nitrogens is 1. The molecule has 1 N–H and O–H groups in total. The van der Waals surface area contributed by atoms with Crippen molar-refractivity contribution in [3.8, 4) is 39.1 Å². The maximum absolute atomic E-state index is 4.14. The monoisotopic (exact) mass is 874 g/mol. The van der Waals surface area contributed by atoms with Gasteiger partial charge in [-0.25, -0.2) is 0 Å². The van der Waals surface area contributed by atoms with E-state index in [1.165, 1.54) is 122 Å². The molecule has 0 bridgehead atoms. The van der Waals surface area contributed by atoms with Crippen LogP contribution in [0.1, 0.15) is 154 Å². The van der Waals surface area contributed by atoms with Gasteiger partial charge in [-0.3, -0.25) is 0 Å². The number of nitrogens with one attached hydrogen (secondary N) is 1. The predicted molar refractivity (Wildman–Crippen MR) is 289 cm³/mol. The number of anilines is 2. The van der Waals surface area contributed by atoms with Gasteiger partial charge in [-0.05, 0) is 155 Å². The molecule has 3 heteroatoms. The molecule has 0 saturated heterocycles. The molecular weight excluding hydrogens is 808 g/mol. The smallest absolute Gasteiger partial charge is 0.197 e. The average Bonchev–Trinajstić information content (AvgIpc) is 3.82. The van der Waals surface area contributed by atoms with Crippen molar-refractivity contribution >= 4 is 51.4 Å². The molecule has 335 valence electrons. The Bertz CT molecular complexity index is 3460. The lowest BCUT2D eigenvalue weighted by Gasteiger charge is -2.43. The van der Waals surface area contributed by atoms with Crippen LogP contribution >= 0.6 is 0 Å². The van der Waals surface area contributed by atoms with Gasteiger partial charge in [-0.2, -0.15) is 0 Å². The van der Waals surface area contributed by atoms with E-state index >= 15 is 0 Å². The predicted octanol–water partition coefficient (Wildman–Crippen LogP) is 15.7. The van der Waals surface area contributed by atoms with E-state index in [0.29, 0.717) is 0 Å². The van der Waals surface area contributed by atoms with E-state index in [-0.39, 0.29) is 32.5 Å². The van der Waals surface area contributed by atoms with Crippen LogP contribution in [0.3, 0.4) is 0 Å². The van der Waals surface area contributed by atoms with Crippen molar-refractivity contribution < 1.29 is 0 Å². The molecule has 8 aromatic rings. The highest BCUT2D eigenvalue weighted by Gasteiger charge is 2.45. The Morgan fingerprint density at radius 3 is 1.78 bits per heavy atom. The summed E-state index contributed by atoms with van der Waals surface area (Å²) in [6.07, 6.45) is 2.31. The maximum atomic E-state index is 4.14. The second kappa shape index (κ2) is 13.5. The molecule has 2 heterocycles. The van der Waals surface area contributed by atoms with Gasteiger partial charge >= 0.3 is 0 Å². The van der Waals surface area contributed by atoms with Crippen LogP contribution in [-0.2, 0) is 32.5 Å². The molecule has 0 atom stereocenters. The van der Waals surface area contributed by atoms with E-state index in [1.54, 1.807) is 0 Å². The van der Waals surface area contributed by atoms with Crippen LogP contribution in [0.2, 0.25) is 0 Å². The first kappa shape index (κ1) is 42.6. The molecule has 1 aliphatic heterocycles. The van der Waals surface area contributed by atoms with Gasteiger partial charge in [-0.1, -0.05) is 175 Å². The molecular formula is C64H66BN2. The van der Waals surface area contributed by atoms with Gasteiger partial charge in [0.25, 0.3) is 0 Å². The van der Waals surface area contributed by atoms with Crippen LogP contribution in [0.25, 0.3) is 60.9 Å². The highest BCUT2D eigenvalue weighted by Crippen LogP contribution is 2.59. The number of hydrogen-bond acceptors (Lipinski definition) is 1. The first-order chi connectivity index (χ1) is 31.5. The van der Waals surface area contributed by atoms with Gasteiger partial charge in [0.05, 0.1) is 5.52 Å². The van der Waals surface area contributed by atoms with Crippen LogP contribution in [0.15, 0.2) is 115 Å². The Labute approximate surface area is 400 Å².